The average Bonchev–Trinajstić information content (AvgIpc) is 1.95. The lowest BCUT2D eigenvalue weighted by Crippen LogP contribution is -2.26. The van der Waals surface area contributed by atoms with Gasteiger partial charge in [0.25, 0.3) is 0 Å². The van der Waals surface area contributed by atoms with Crippen LogP contribution in [-0.2, 0) is 9.53 Å². The minimum Gasteiger partial charge on any atom is -0.459 e. The van der Waals surface area contributed by atoms with Crippen molar-refractivity contribution >= 4 is 5.97 Å². The van der Waals surface area contributed by atoms with Crippen molar-refractivity contribution < 1.29 is 9.53 Å². The fourth-order valence-corrected chi connectivity index (χ4v) is 1.25. The fourth-order valence-electron chi connectivity index (χ4n) is 1.25. The zero-order valence-corrected chi connectivity index (χ0v) is 6.97. The molecule has 0 aromatic rings. The maximum absolute atomic E-state index is 11.0. The van der Waals surface area contributed by atoms with Gasteiger partial charge in [0.1, 0.15) is 5.60 Å². The van der Waals surface area contributed by atoms with Crippen LogP contribution in [0.2, 0.25) is 0 Å². The summed E-state index contributed by atoms with van der Waals surface area (Å²) in [5.41, 5.74) is -0.253. The smallest absolute Gasteiger partial charge is 0.309 e. The van der Waals surface area contributed by atoms with Gasteiger partial charge in [0, 0.05) is 5.92 Å². The molecule has 1 aliphatic rings. The summed E-state index contributed by atoms with van der Waals surface area (Å²) >= 11 is 0. The van der Waals surface area contributed by atoms with Crippen LogP contribution in [0, 0.1) is 11.8 Å². The summed E-state index contributed by atoms with van der Waals surface area (Å²) in [5, 5.41) is 0. The molecule has 0 aliphatic carbocycles. The summed E-state index contributed by atoms with van der Waals surface area (Å²) in [4.78, 5) is 11.0. The molecule has 0 N–H and O–H groups in total. The lowest BCUT2D eigenvalue weighted by molar-refractivity contribution is -0.148. The van der Waals surface area contributed by atoms with Crippen molar-refractivity contribution in [3.8, 4) is 0 Å². The molecule has 0 aromatic heterocycles. The summed E-state index contributed by atoms with van der Waals surface area (Å²) in [6.07, 6.45) is 0. The molecule has 0 saturated carbocycles. The number of cyclic esters (lactones) is 1. The maximum atomic E-state index is 11.0. The first-order valence-electron chi connectivity index (χ1n) is 3.68. The van der Waals surface area contributed by atoms with Gasteiger partial charge in [-0.2, -0.15) is 0 Å². The number of carbonyl (C=O) groups is 1. The van der Waals surface area contributed by atoms with Crippen LogP contribution in [-0.4, -0.2) is 11.6 Å². The van der Waals surface area contributed by atoms with Crippen LogP contribution in [0.3, 0.4) is 0 Å². The number of carbonyl (C=O) groups excluding carboxylic acids is 1. The van der Waals surface area contributed by atoms with E-state index in [1.54, 1.807) is 0 Å². The molecule has 0 bridgehead atoms. The molecule has 10 heavy (non-hydrogen) atoms. The third-order valence-electron chi connectivity index (χ3n) is 2.58. The Hall–Kier alpha value is -0.530. The maximum Gasteiger partial charge on any atom is 0.309 e. The SMILES string of the molecule is C[C@H]1C(=O)OC(C)(C)[C@H]1C. The minimum atomic E-state index is -0.253. The van der Waals surface area contributed by atoms with E-state index < -0.39 is 0 Å². The third kappa shape index (κ3) is 0.917. The van der Waals surface area contributed by atoms with Gasteiger partial charge in [-0.25, -0.2) is 0 Å². The van der Waals surface area contributed by atoms with E-state index in [2.05, 4.69) is 6.92 Å². The van der Waals surface area contributed by atoms with Gasteiger partial charge in [-0.3, -0.25) is 4.79 Å². The van der Waals surface area contributed by atoms with Crippen molar-refractivity contribution in [1.29, 1.82) is 0 Å². The second-order valence-electron chi connectivity index (χ2n) is 3.60. The number of esters is 1. The van der Waals surface area contributed by atoms with E-state index in [9.17, 15) is 4.79 Å². The zero-order chi connectivity index (χ0) is 7.94. The molecule has 0 radical (unpaired) electrons. The van der Waals surface area contributed by atoms with Gasteiger partial charge in [0.05, 0.1) is 5.92 Å². The Morgan fingerprint density at radius 3 is 2.00 bits per heavy atom. The average molecular weight is 142 g/mol. The van der Waals surface area contributed by atoms with Crippen molar-refractivity contribution in [1.82, 2.24) is 0 Å². The van der Waals surface area contributed by atoms with Crippen LogP contribution in [0.5, 0.6) is 0 Å². The van der Waals surface area contributed by atoms with Gasteiger partial charge in [0.2, 0.25) is 0 Å². The van der Waals surface area contributed by atoms with E-state index in [1.165, 1.54) is 0 Å². The van der Waals surface area contributed by atoms with Crippen LogP contribution < -0.4 is 0 Å². The van der Waals surface area contributed by atoms with E-state index in [4.69, 9.17) is 4.74 Å². The largest absolute Gasteiger partial charge is 0.459 e. The second kappa shape index (κ2) is 1.97. The summed E-state index contributed by atoms with van der Waals surface area (Å²) in [7, 11) is 0. The highest BCUT2D eigenvalue weighted by atomic mass is 16.6. The Morgan fingerprint density at radius 2 is 1.90 bits per heavy atom. The molecular formula is C8H14O2. The van der Waals surface area contributed by atoms with Gasteiger partial charge in [0.15, 0.2) is 0 Å². The standard InChI is InChI=1S/C8H14O2/c1-5-6(2)8(3,4)10-7(5)9/h5-6H,1-4H3/t5-,6+/m1/s1. The summed E-state index contributed by atoms with van der Waals surface area (Å²) < 4.78 is 5.13. The first-order valence-corrected chi connectivity index (χ1v) is 3.68. The Morgan fingerprint density at radius 1 is 1.40 bits per heavy atom. The molecule has 0 amide bonds. The number of rotatable bonds is 0. The number of hydrogen-bond acceptors (Lipinski definition) is 2. The predicted octanol–water partition coefficient (Wildman–Crippen LogP) is 1.59. The summed E-state index contributed by atoms with van der Waals surface area (Å²) in [5.74, 6) is 0.340. The Balaban J connectivity index is 2.81. The highest BCUT2D eigenvalue weighted by Crippen LogP contribution is 2.35. The van der Waals surface area contributed by atoms with Gasteiger partial charge < -0.3 is 4.74 Å². The van der Waals surface area contributed by atoms with Gasteiger partial charge in [-0.1, -0.05) is 13.8 Å². The molecule has 1 rings (SSSR count). The van der Waals surface area contributed by atoms with Crippen LogP contribution >= 0.6 is 0 Å². The van der Waals surface area contributed by atoms with E-state index in [0.29, 0.717) is 5.92 Å². The van der Waals surface area contributed by atoms with Crippen LogP contribution in [0.25, 0.3) is 0 Å². The minimum absolute atomic E-state index is 0.0579. The molecule has 1 saturated heterocycles. The lowest BCUT2D eigenvalue weighted by atomic mass is 9.86. The van der Waals surface area contributed by atoms with Crippen molar-refractivity contribution in [2.24, 2.45) is 11.8 Å². The van der Waals surface area contributed by atoms with Gasteiger partial charge in [-0.05, 0) is 13.8 Å². The monoisotopic (exact) mass is 142 g/mol. The first-order chi connectivity index (χ1) is 4.45. The molecule has 2 heteroatoms. The van der Waals surface area contributed by atoms with Gasteiger partial charge >= 0.3 is 5.97 Å². The van der Waals surface area contributed by atoms with Crippen LogP contribution in [0.4, 0.5) is 0 Å². The molecule has 1 aliphatic heterocycles. The van der Waals surface area contributed by atoms with Crippen LogP contribution in [0.1, 0.15) is 27.7 Å². The highest BCUT2D eigenvalue weighted by molar-refractivity contribution is 5.75. The molecule has 0 spiro atoms. The zero-order valence-electron chi connectivity index (χ0n) is 6.97. The Kier molecular flexibility index (Phi) is 1.50. The number of ether oxygens (including phenoxy) is 1. The first kappa shape index (κ1) is 7.58. The van der Waals surface area contributed by atoms with Crippen molar-refractivity contribution in [3.05, 3.63) is 0 Å². The Labute approximate surface area is 61.6 Å². The molecule has 1 heterocycles. The highest BCUT2D eigenvalue weighted by Gasteiger charge is 2.44. The molecule has 1 fully saturated rings. The normalized spacial score (nSPS) is 37.8. The van der Waals surface area contributed by atoms with E-state index in [-0.39, 0.29) is 17.5 Å². The molecular weight excluding hydrogens is 128 g/mol. The van der Waals surface area contributed by atoms with E-state index >= 15 is 0 Å². The quantitative estimate of drug-likeness (QED) is 0.480. The molecule has 0 aromatic carbocycles. The second-order valence-corrected chi connectivity index (χ2v) is 3.60. The van der Waals surface area contributed by atoms with Crippen molar-refractivity contribution in [2.45, 2.75) is 33.3 Å². The van der Waals surface area contributed by atoms with Crippen molar-refractivity contribution in [2.75, 3.05) is 0 Å². The van der Waals surface area contributed by atoms with Crippen molar-refractivity contribution in [3.63, 3.8) is 0 Å². The molecule has 2 atom stereocenters. The predicted molar refractivity (Wildman–Crippen MR) is 38.5 cm³/mol. The Bertz CT molecular complexity index is 161. The topological polar surface area (TPSA) is 26.3 Å². The molecule has 2 nitrogen and oxygen atoms in total. The summed E-state index contributed by atoms with van der Waals surface area (Å²) in [6, 6.07) is 0. The van der Waals surface area contributed by atoms with Crippen LogP contribution in [0.15, 0.2) is 0 Å². The molecule has 58 valence electrons. The lowest BCUT2D eigenvalue weighted by Gasteiger charge is -2.21. The fraction of sp³-hybridized carbons (Fsp3) is 0.875. The molecule has 0 unspecified atom stereocenters. The van der Waals surface area contributed by atoms with E-state index in [0.717, 1.165) is 0 Å². The van der Waals surface area contributed by atoms with Gasteiger partial charge in [-0.15, -0.1) is 0 Å². The third-order valence-corrected chi connectivity index (χ3v) is 2.58. The van der Waals surface area contributed by atoms with E-state index in [1.807, 2.05) is 20.8 Å². The number of hydrogen-bond donors (Lipinski definition) is 0. The summed E-state index contributed by atoms with van der Waals surface area (Å²) in [6.45, 7) is 7.88.